The molecule has 1 N–H and O–H groups in total. The van der Waals surface area contributed by atoms with Crippen molar-refractivity contribution in [2.75, 3.05) is 4.90 Å². The highest BCUT2D eigenvalue weighted by Gasteiger charge is 2.36. The van der Waals surface area contributed by atoms with Crippen LogP contribution in [0.25, 0.3) is 6.08 Å². The number of phenols is 1. The van der Waals surface area contributed by atoms with E-state index in [1.807, 2.05) is 0 Å². The van der Waals surface area contributed by atoms with Gasteiger partial charge in [-0.3, -0.25) is 9.69 Å². The van der Waals surface area contributed by atoms with E-state index in [9.17, 15) is 23.1 Å². The third kappa shape index (κ3) is 3.79. The molecule has 9 heteroatoms. The van der Waals surface area contributed by atoms with E-state index in [-0.39, 0.29) is 20.7 Å². The van der Waals surface area contributed by atoms with E-state index in [4.69, 9.17) is 12.2 Å². The monoisotopic (exact) mass is 459 g/mol. The molecule has 3 nitrogen and oxygen atoms in total. The number of amides is 1. The van der Waals surface area contributed by atoms with Crippen molar-refractivity contribution in [3.8, 4) is 5.75 Å². The molecule has 0 aromatic heterocycles. The molecule has 0 unspecified atom stereocenters. The van der Waals surface area contributed by atoms with Crippen molar-refractivity contribution in [2.24, 2.45) is 0 Å². The first kappa shape index (κ1) is 18.9. The summed E-state index contributed by atoms with van der Waals surface area (Å²) in [4.78, 5) is 14.0. The summed E-state index contributed by atoms with van der Waals surface area (Å²) in [6.45, 7) is 0. The Morgan fingerprint density at radius 1 is 1.19 bits per heavy atom. The summed E-state index contributed by atoms with van der Waals surface area (Å²) in [6, 6.07) is 9.15. The van der Waals surface area contributed by atoms with Crippen molar-refractivity contribution < 1.29 is 23.1 Å². The topological polar surface area (TPSA) is 40.5 Å². The van der Waals surface area contributed by atoms with E-state index < -0.39 is 17.6 Å². The van der Waals surface area contributed by atoms with E-state index >= 15 is 0 Å². The van der Waals surface area contributed by atoms with Gasteiger partial charge in [-0.05, 0) is 57.9 Å². The average Bonchev–Trinajstić information content (AvgIpc) is 2.84. The highest BCUT2D eigenvalue weighted by molar-refractivity contribution is 9.10. The SMILES string of the molecule is O=C1C(=Cc2ccc(O)c(Br)c2)SC(=S)N1c1cccc(C(F)(F)F)c1. The molecule has 0 saturated carbocycles. The Morgan fingerprint density at radius 3 is 2.58 bits per heavy atom. The molecule has 1 aliphatic rings. The number of phenolic OH excluding ortho intramolecular Hbond substituents is 1. The Hall–Kier alpha value is -1.84. The van der Waals surface area contributed by atoms with Crippen LogP contribution < -0.4 is 4.90 Å². The van der Waals surface area contributed by atoms with Gasteiger partial charge in [0.25, 0.3) is 5.91 Å². The highest BCUT2D eigenvalue weighted by atomic mass is 79.9. The predicted molar refractivity (Wildman–Crippen MR) is 103 cm³/mol. The number of thiocarbonyl (C=S) groups is 1. The zero-order valence-electron chi connectivity index (χ0n) is 12.7. The number of alkyl halides is 3. The van der Waals surface area contributed by atoms with Gasteiger partial charge in [0.1, 0.15) is 5.75 Å². The lowest BCUT2D eigenvalue weighted by atomic mass is 10.1. The Morgan fingerprint density at radius 2 is 1.92 bits per heavy atom. The van der Waals surface area contributed by atoms with Crippen molar-refractivity contribution in [1.29, 1.82) is 0 Å². The predicted octanol–water partition coefficient (Wildman–Crippen LogP) is 5.58. The number of aromatic hydroxyl groups is 1. The van der Waals surface area contributed by atoms with Crippen LogP contribution in [0.5, 0.6) is 5.75 Å². The van der Waals surface area contributed by atoms with Crippen LogP contribution in [0, 0.1) is 0 Å². The number of halogens is 4. The van der Waals surface area contributed by atoms with Gasteiger partial charge >= 0.3 is 6.18 Å². The Kier molecular flexibility index (Phi) is 5.14. The van der Waals surface area contributed by atoms with E-state index in [0.29, 0.717) is 10.0 Å². The molecule has 1 amide bonds. The van der Waals surface area contributed by atoms with E-state index in [1.165, 1.54) is 18.2 Å². The number of carbonyl (C=O) groups excluding carboxylic acids is 1. The van der Waals surface area contributed by atoms with Crippen molar-refractivity contribution >= 4 is 61.9 Å². The summed E-state index contributed by atoms with van der Waals surface area (Å²) < 4.78 is 39.3. The fourth-order valence-electron chi connectivity index (χ4n) is 2.28. The largest absolute Gasteiger partial charge is 0.507 e. The molecule has 0 radical (unpaired) electrons. The third-order valence-electron chi connectivity index (χ3n) is 3.49. The summed E-state index contributed by atoms with van der Waals surface area (Å²) in [5.41, 5.74) is -0.146. The van der Waals surface area contributed by atoms with E-state index in [0.717, 1.165) is 28.8 Å². The minimum absolute atomic E-state index is 0.0543. The maximum Gasteiger partial charge on any atom is 0.416 e. The van der Waals surface area contributed by atoms with Gasteiger partial charge in [0.15, 0.2) is 4.32 Å². The minimum atomic E-state index is -4.51. The van der Waals surface area contributed by atoms with Gasteiger partial charge in [-0.1, -0.05) is 36.1 Å². The molecule has 0 aliphatic carbocycles. The number of rotatable bonds is 2. The number of carbonyl (C=O) groups is 1. The molecule has 26 heavy (non-hydrogen) atoms. The van der Waals surface area contributed by atoms with Crippen LogP contribution in [0.15, 0.2) is 51.8 Å². The molecule has 0 spiro atoms. The number of benzene rings is 2. The number of hydrogen-bond acceptors (Lipinski definition) is 4. The molecule has 1 heterocycles. The second-order valence-corrected chi connectivity index (χ2v) is 7.81. The lowest BCUT2D eigenvalue weighted by Gasteiger charge is -2.16. The fourth-order valence-corrected chi connectivity index (χ4v) is 3.97. The summed E-state index contributed by atoms with van der Waals surface area (Å²) >= 11 is 9.36. The van der Waals surface area contributed by atoms with Crippen molar-refractivity contribution in [3.63, 3.8) is 0 Å². The first-order chi connectivity index (χ1) is 12.2. The van der Waals surface area contributed by atoms with Crippen LogP contribution in [-0.2, 0) is 11.0 Å². The van der Waals surface area contributed by atoms with Crippen molar-refractivity contribution in [1.82, 2.24) is 0 Å². The average molecular weight is 460 g/mol. The van der Waals surface area contributed by atoms with Crippen molar-refractivity contribution in [3.05, 3.63) is 63.0 Å². The molecule has 2 aromatic carbocycles. The molecule has 3 rings (SSSR count). The number of hydrogen-bond donors (Lipinski definition) is 1. The Bertz CT molecular complexity index is 944. The smallest absolute Gasteiger partial charge is 0.416 e. The number of thioether (sulfide) groups is 1. The second-order valence-electron chi connectivity index (χ2n) is 5.28. The molecular formula is C17H9BrF3NO2S2. The minimum Gasteiger partial charge on any atom is -0.507 e. The van der Waals surface area contributed by atoms with Crippen LogP contribution in [-0.4, -0.2) is 15.3 Å². The molecule has 0 atom stereocenters. The van der Waals surface area contributed by atoms with Crippen LogP contribution in [0.1, 0.15) is 11.1 Å². The quantitative estimate of drug-likeness (QED) is 0.470. The third-order valence-corrected chi connectivity index (χ3v) is 5.43. The summed E-state index contributed by atoms with van der Waals surface area (Å²) in [5, 5.41) is 9.52. The lowest BCUT2D eigenvalue weighted by molar-refractivity contribution is -0.137. The van der Waals surface area contributed by atoms with Crippen LogP contribution >= 0.6 is 39.9 Å². The van der Waals surface area contributed by atoms with Gasteiger partial charge in [-0.25, -0.2) is 0 Å². The summed E-state index contributed by atoms with van der Waals surface area (Å²) in [5.74, 6) is -0.442. The Labute approximate surface area is 164 Å². The van der Waals surface area contributed by atoms with Gasteiger partial charge < -0.3 is 5.11 Å². The van der Waals surface area contributed by atoms with Crippen molar-refractivity contribution in [2.45, 2.75) is 6.18 Å². The van der Waals surface area contributed by atoms with Gasteiger partial charge in [0.05, 0.1) is 20.6 Å². The van der Waals surface area contributed by atoms with Gasteiger partial charge in [0, 0.05) is 0 Å². The molecule has 2 aromatic rings. The van der Waals surface area contributed by atoms with E-state index in [2.05, 4.69) is 15.9 Å². The van der Waals surface area contributed by atoms with E-state index in [1.54, 1.807) is 18.2 Å². The number of nitrogens with zero attached hydrogens (tertiary/aromatic N) is 1. The maximum absolute atomic E-state index is 12.9. The maximum atomic E-state index is 12.9. The molecule has 1 aliphatic heterocycles. The molecule has 1 fully saturated rings. The molecule has 134 valence electrons. The highest BCUT2D eigenvalue weighted by Crippen LogP contribution is 2.38. The Balaban J connectivity index is 1.94. The van der Waals surface area contributed by atoms with Crippen LogP contribution in [0.2, 0.25) is 0 Å². The first-order valence-corrected chi connectivity index (χ1v) is 9.12. The molecule has 0 bridgehead atoms. The second kappa shape index (κ2) is 7.05. The van der Waals surface area contributed by atoms with Gasteiger partial charge in [0.2, 0.25) is 0 Å². The van der Waals surface area contributed by atoms with Crippen LogP contribution in [0.3, 0.4) is 0 Å². The van der Waals surface area contributed by atoms with Gasteiger partial charge in [-0.2, -0.15) is 13.2 Å². The zero-order chi connectivity index (χ0) is 19.1. The fraction of sp³-hybridized carbons (Fsp3) is 0.0588. The molecular weight excluding hydrogens is 451 g/mol. The van der Waals surface area contributed by atoms with Gasteiger partial charge in [-0.15, -0.1) is 0 Å². The lowest BCUT2D eigenvalue weighted by Crippen LogP contribution is -2.27. The molecule has 1 saturated heterocycles. The normalized spacial score (nSPS) is 16.6. The zero-order valence-corrected chi connectivity index (χ0v) is 16.0. The number of anilines is 1. The first-order valence-electron chi connectivity index (χ1n) is 7.10. The van der Waals surface area contributed by atoms with Crippen LogP contribution in [0.4, 0.5) is 18.9 Å². The summed E-state index contributed by atoms with van der Waals surface area (Å²) in [7, 11) is 0. The summed E-state index contributed by atoms with van der Waals surface area (Å²) in [6.07, 6.45) is -2.94. The standard InChI is InChI=1S/C17H9BrF3NO2S2/c18-12-6-9(4-5-13(12)23)7-14-15(24)22(16(25)26-14)11-3-1-2-10(8-11)17(19,20)21/h1-8,23H.